The summed E-state index contributed by atoms with van der Waals surface area (Å²) in [6, 6.07) is 0. The monoisotopic (exact) mass is 204 g/mol. The molecule has 0 saturated heterocycles. The highest BCUT2D eigenvalue weighted by atomic mass is 28.5. The van der Waals surface area contributed by atoms with E-state index in [1.165, 1.54) is 0 Å². The molecule has 0 amide bonds. The summed E-state index contributed by atoms with van der Waals surface area (Å²) in [5, 5.41) is 0. The molecule has 12 heavy (non-hydrogen) atoms. The second-order valence-electron chi connectivity index (χ2n) is 3.33. The normalized spacial score (nSPS) is 12.3. The van der Waals surface area contributed by atoms with E-state index in [1.807, 2.05) is 26.2 Å². The van der Waals surface area contributed by atoms with Crippen LogP contribution in [0.2, 0.25) is 26.2 Å². The van der Waals surface area contributed by atoms with Crippen molar-refractivity contribution in [2.45, 2.75) is 26.2 Å². The maximum absolute atomic E-state index is 5.71. The summed E-state index contributed by atoms with van der Waals surface area (Å²) in [5.41, 5.74) is 0. The average Bonchev–Trinajstić information content (AvgIpc) is 1.85. The molecule has 0 N–H and O–H groups in total. The first-order valence-corrected chi connectivity index (χ1v) is 9.35. The van der Waals surface area contributed by atoms with Crippen molar-refractivity contribution >= 4 is 17.1 Å². The molecule has 0 heterocycles. The summed E-state index contributed by atoms with van der Waals surface area (Å²) in [6.45, 7) is 7.73. The highest BCUT2D eigenvalue weighted by Crippen LogP contribution is 2.15. The van der Waals surface area contributed by atoms with Gasteiger partial charge < -0.3 is 13.0 Å². The van der Waals surface area contributed by atoms with Gasteiger partial charge in [0.05, 0.1) is 6.11 Å². The molecule has 0 aromatic carbocycles. The smallest absolute Gasteiger partial charge is 0.394 e. The molecule has 0 rings (SSSR count). The molecule has 0 bridgehead atoms. The second-order valence-corrected chi connectivity index (χ2v) is 10.4. The van der Waals surface area contributed by atoms with Gasteiger partial charge in [-0.1, -0.05) is 6.42 Å². The van der Waals surface area contributed by atoms with Gasteiger partial charge in [0.15, 0.2) is 0 Å². The topological polar surface area (TPSA) is 27.7 Å². The van der Waals surface area contributed by atoms with Crippen LogP contribution < -0.4 is 0 Å². The highest BCUT2D eigenvalue weighted by molar-refractivity contribution is 6.78. The standard InChI is InChI=1S/C7H16O3Si2/c1-7-9-12(5,6)10-11(3,4)8-2/h1H,2-6H3. The summed E-state index contributed by atoms with van der Waals surface area (Å²) in [7, 11) is -2.52. The molecule has 3 nitrogen and oxygen atoms in total. The Kier molecular flexibility index (Phi) is 4.00. The van der Waals surface area contributed by atoms with Crippen molar-refractivity contribution in [3.8, 4) is 12.5 Å². The molecule has 0 radical (unpaired) electrons. The Hall–Kier alpha value is -0.286. The number of hydrogen-bond acceptors (Lipinski definition) is 3. The lowest BCUT2D eigenvalue weighted by atomic mass is 11.3. The van der Waals surface area contributed by atoms with Crippen LogP contribution in [-0.4, -0.2) is 24.2 Å². The third-order valence-corrected chi connectivity index (χ3v) is 6.81. The highest BCUT2D eigenvalue weighted by Gasteiger charge is 2.36. The van der Waals surface area contributed by atoms with Gasteiger partial charge in [-0.15, -0.1) is 0 Å². The predicted octanol–water partition coefficient (Wildman–Crippen LogP) is 1.66. The van der Waals surface area contributed by atoms with Crippen LogP contribution in [0, 0.1) is 12.5 Å². The van der Waals surface area contributed by atoms with Crippen LogP contribution in [0.25, 0.3) is 0 Å². The lowest BCUT2D eigenvalue weighted by molar-refractivity contribution is 0.274. The van der Waals surface area contributed by atoms with Gasteiger partial charge >= 0.3 is 17.1 Å². The van der Waals surface area contributed by atoms with E-state index in [4.69, 9.17) is 19.4 Å². The molecule has 0 aliphatic carbocycles. The van der Waals surface area contributed by atoms with Gasteiger partial charge in [-0.3, -0.25) is 0 Å². The molecular weight excluding hydrogens is 188 g/mol. The van der Waals surface area contributed by atoms with Crippen molar-refractivity contribution < 1.29 is 13.0 Å². The van der Waals surface area contributed by atoms with E-state index in [9.17, 15) is 0 Å². The van der Waals surface area contributed by atoms with Gasteiger partial charge in [0.2, 0.25) is 0 Å². The number of rotatable bonds is 4. The lowest BCUT2D eigenvalue weighted by Crippen LogP contribution is -2.47. The van der Waals surface area contributed by atoms with Gasteiger partial charge in [0, 0.05) is 7.11 Å². The summed E-state index contributed by atoms with van der Waals surface area (Å²) in [6.07, 6.45) is 7.19. The first-order chi connectivity index (χ1) is 5.33. The van der Waals surface area contributed by atoms with Crippen LogP contribution in [0.1, 0.15) is 0 Å². The van der Waals surface area contributed by atoms with Gasteiger partial charge in [-0.05, 0) is 26.2 Å². The molecule has 0 unspecified atom stereocenters. The minimum Gasteiger partial charge on any atom is -0.474 e. The largest absolute Gasteiger partial charge is 0.474 e. The Morgan fingerprint density at radius 3 is 1.92 bits per heavy atom. The summed E-state index contributed by atoms with van der Waals surface area (Å²) >= 11 is 0. The number of hydrogen-bond donors (Lipinski definition) is 0. The van der Waals surface area contributed by atoms with E-state index in [1.54, 1.807) is 7.11 Å². The first kappa shape index (κ1) is 11.7. The van der Waals surface area contributed by atoms with E-state index < -0.39 is 17.1 Å². The van der Waals surface area contributed by atoms with Crippen LogP contribution in [0.3, 0.4) is 0 Å². The molecule has 70 valence electrons. The molecule has 0 aliphatic rings. The van der Waals surface area contributed by atoms with Crippen LogP contribution in [-0.2, 0) is 13.0 Å². The van der Waals surface area contributed by atoms with E-state index in [-0.39, 0.29) is 0 Å². The molecule has 0 aromatic heterocycles. The minimum absolute atomic E-state index is 1.65. The molecule has 0 spiro atoms. The second kappa shape index (κ2) is 4.09. The summed E-state index contributed by atoms with van der Waals surface area (Å²) in [5.74, 6) is 0. The fourth-order valence-corrected chi connectivity index (χ4v) is 6.32. The van der Waals surface area contributed by atoms with Crippen molar-refractivity contribution in [2.75, 3.05) is 7.11 Å². The Balaban J connectivity index is 4.15. The Bertz CT molecular complexity index is 184. The SMILES string of the molecule is C#CO[Si](C)(C)O[Si](C)(C)OC. The van der Waals surface area contributed by atoms with Crippen LogP contribution in [0.15, 0.2) is 0 Å². The first-order valence-electron chi connectivity index (χ1n) is 3.72. The van der Waals surface area contributed by atoms with Crippen LogP contribution >= 0.6 is 0 Å². The van der Waals surface area contributed by atoms with Gasteiger partial charge in [0.1, 0.15) is 0 Å². The summed E-state index contributed by atoms with van der Waals surface area (Å²) in [4.78, 5) is 0. The van der Waals surface area contributed by atoms with Crippen molar-refractivity contribution in [2.24, 2.45) is 0 Å². The molecule has 0 saturated carbocycles. The summed E-state index contributed by atoms with van der Waals surface area (Å²) < 4.78 is 16.0. The zero-order valence-corrected chi connectivity index (χ0v) is 10.3. The zero-order valence-electron chi connectivity index (χ0n) is 8.30. The van der Waals surface area contributed by atoms with Crippen molar-refractivity contribution in [1.82, 2.24) is 0 Å². The maximum atomic E-state index is 5.71. The van der Waals surface area contributed by atoms with Crippen LogP contribution in [0.5, 0.6) is 0 Å². The molecular formula is C7H16O3Si2. The molecule has 0 atom stereocenters. The molecule has 0 aliphatic heterocycles. The fraction of sp³-hybridized carbons (Fsp3) is 0.714. The third kappa shape index (κ3) is 4.56. The van der Waals surface area contributed by atoms with Gasteiger partial charge in [-0.25, -0.2) is 0 Å². The Morgan fingerprint density at radius 1 is 1.08 bits per heavy atom. The van der Waals surface area contributed by atoms with Gasteiger partial charge in [-0.2, -0.15) is 0 Å². The average molecular weight is 204 g/mol. The Labute approximate surface area is 76.5 Å². The van der Waals surface area contributed by atoms with E-state index in [2.05, 4.69) is 6.11 Å². The molecule has 5 heteroatoms. The van der Waals surface area contributed by atoms with E-state index in [0.717, 1.165) is 0 Å². The quantitative estimate of drug-likeness (QED) is 0.515. The van der Waals surface area contributed by atoms with Crippen molar-refractivity contribution in [3.05, 3.63) is 0 Å². The lowest BCUT2D eigenvalue weighted by Gasteiger charge is -2.29. The zero-order chi connectivity index (χ0) is 9.83. The predicted molar refractivity (Wildman–Crippen MR) is 53.0 cm³/mol. The molecule has 0 aromatic rings. The number of terminal acetylenes is 1. The van der Waals surface area contributed by atoms with E-state index in [0.29, 0.717) is 0 Å². The molecule has 0 fully saturated rings. The maximum Gasteiger partial charge on any atom is 0.394 e. The van der Waals surface area contributed by atoms with Crippen molar-refractivity contribution in [1.29, 1.82) is 0 Å². The van der Waals surface area contributed by atoms with E-state index >= 15 is 0 Å². The minimum atomic E-state index is -2.16. The third-order valence-electron chi connectivity index (χ3n) is 1.29. The van der Waals surface area contributed by atoms with Crippen molar-refractivity contribution in [3.63, 3.8) is 0 Å². The fourth-order valence-electron chi connectivity index (χ4n) is 0.796. The van der Waals surface area contributed by atoms with Crippen LogP contribution in [0.4, 0.5) is 0 Å². The Morgan fingerprint density at radius 2 is 1.58 bits per heavy atom. The van der Waals surface area contributed by atoms with Gasteiger partial charge in [0.25, 0.3) is 0 Å².